The molecule has 0 aliphatic carbocycles. The molecule has 0 aromatic rings. The van der Waals surface area contributed by atoms with Gasteiger partial charge in [0.25, 0.3) is 0 Å². The number of aliphatic hydroxyl groups excluding tert-OH is 1. The Morgan fingerprint density at radius 3 is 2.31 bits per heavy atom. The van der Waals surface area contributed by atoms with Crippen LogP contribution in [0.2, 0.25) is 0 Å². The predicted octanol–water partition coefficient (Wildman–Crippen LogP) is 3.71. The standard InChI is InChI=1S/C12H22O/c1-3-4-5-6-7-8-9-12(2)10-11-13/h12-13H,3-9H2,1-2H3. The summed E-state index contributed by atoms with van der Waals surface area (Å²) in [6.45, 7) is 4.30. The van der Waals surface area contributed by atoms with Gasteiger partial charge in [0.05, 0.1) is 0 Å². The molecule has 0 bridgehead atoms. The van der Waals surface area contributed by atoms with Gasteiger partial charge in [0.15, 0.2) is 0 Å². The highest BCUT2D eigenvalue weighted by Gasteiger charge is 1.96. The van der Waals surface area contributed by atoms with E-state index in [1.807, 2.05) is 6.11 Å². The van der Waals surface area contributed by atoms with Crippen LogP contribution in [0.25, 0.3) is 0 Å². The van der Waals surface area contributed by atoms with E-state index in [0.29, 0.717) is 5.92 Å². The molecule has 0 amide bonds. The molecule has 1 heteroatoms. The Labute approximate surface area is 82.5 Å². The minimum Gasteiger partial charge on any atom is -0.462 e. The Balaban J connectivity index is 3.10. The van der Waals surface area contributed by atoms with Crippen LogP contribution >= 0.6 is 0 Å². The normalized spacial score (nSPS) is 11.8. The Hall–Kier alpha value is -0.640. The van der Waals surface area contributed by atoms with Crippen molar-refractivity contribution in [1.29, 1.82) is 0 Å². The van der Waals surface area contributed by atoms with Gasteiger partial charge in [-0.1, -0.05) is 58.3 Å². The van der Waals surface area contributed by atoms with Crippen LogP contribution in [0, 0.1) is 17.9 Å². The Bertz CT molecular complexity index is 152. The zero-order valence-corrected chi connectivity index (χ0v) is 8.97. The maximum Gasteiger partial charge on any atom is 0.107 e. The van der Waals surface area contributed by atoms with Gasteiger partial charge in [-0.25, -0.2) is 0 Å². The van der Waals surface area contributed by atoms with Crippen molar-refractivity contribution in [3.05, 3.63) is 0 Å². The first-order valence-electron chi connectivity index (χ1n) is 5.45. The second-order valence-electron chi connectivity index (χ2n) is 3.71. The van der Waals surface area contributed by atoms with E-state index in [1.165, 1.54) is 38.5 Å². The first kappa shape index (κ1) is 12.4. The van der Waals surface area contributed by atoms with Crippen molar-refractivity contribution in [3.8, 4) is 12.0 Å². The number of aliphatic hydroxyl groups is 1. The smallest absolute Gasteiger partial charge is 0.107 e. The van der Waals surface area contributed by atoms with E-state index < -0.39 is 0 Å². The van der Waals surface area contributed by atoms with Crippen LogP contribution in [0.15, 0.2) is 0 Å². The van der Waals surface area contributed by atoms with E-state index >= 15 is 0 Å². The van der Waals surface area contributed by atoms with Crippen molar-refractivity contribution in [2.75, 3.05) is 0 Å². The van der Waals surface area contributed by atoms with E-state index in [0.717, 1.165) is 6.42 Å². The van der Waals surface area contributed by atoms with Gasteiger partial charge in [0.1, 0.15) is 6.11 Å². The molecule has 0 saturated carbocycles. The van der Waals surface area contributed by atoms with Crippen LogP contribution in [0.4, 0.5) is 0 Å². The van der Waals surface area contributed by atoms with Gasteiger partial charge >= 0.3 is 0 Å². The van der Waals surface area contributed by atoms with Gasteiger partial charge in [-0.05, 0) is 6.42 Å². The molecule has 1 unspecified atom stereocenters. The van der Waals surface area contributed by atoms with Crippen molar-refractivity contribution in [2.24, 2.45) is 5.92 Å². The van der Waals surface area contributed by atoms with E-state index in [9.17, 15) is 0 Å². The third-order valence-corrected chi connectivity index (χ3v) is 2.30. The molecule has 0 saturated heterocycles. The summed E-state index contributed by atoms with van der Waals surface area (Å²) in [5, 5.41) is 8.35. The predicted molar refractivity (Wildman–Crippen MR) is 56.9 cm³/mol. The molecule has 13 heavy (non-hydrogen) atoms. The average Bonchev–Trinajstić information content (AvgIpc) is 2.11. The molecule has 76 valence electrons. The molecule has 0 aliphatic rings. The fourth-order valence-electron chi connectivity index (χ4n) is 1.41. The first-order chi connectivity index (χ1) is 6.31. The van der Waals surface area contributed by atoms with E-state index in [2.05, 4.69) is 19.8 Å². The highest BCUT2D eigenvalue weighted by atomic mass is 16.2. The van der Waals surface area contributed by atoms with Gasteiger partial charge in [-0.15, -0.1) is 0 Å². The van der Waals surface area contributed by atoms with E-state index in [1.54, 1.807) is 0 Å². The summed E-state index contributed by atoms with van der Waals surface area (Å²) in [7, 11) is 0. The number of unbranched alkanes of at least 4 members (excludes halogenated alkanes) is 5. The van der Waals surface area contributed by atoms with E-state index in [-0.39, 0.29) is 0 Å². The molecule has 0 rings (SSSR count). The van der Waals surface area contributed by atoms with Crippen LogP contribution in [0.3, 0.4) is 0 Å². The van der Waals surface area contributed by atoms with Gasteiger partial charge in [-0.2, -0.15) is 0 Å². The maximum absolute atomic E-state index is 8.35. The van der Waals surface area contributed by atoms with Crippen molar-refractivity contribution >= 4 is 0 Å². The fourth-order valence-corrected chi connectivity index (χ4v) is 1.41. The zero-order valence-electron chi connectivity index (χ0n) is 8.97. The highest BCUT2D eigenvalue weighted by Crippen LogP contribution is 2.11. The van der Waals surface area contributed by atoms with E-state index in [4.69, 9.17) is 5.11 Å². The second kappa shape index (κ2) is 9.45. The lowest BCUT2D eigenvalue weighted by Gasteiger charge is -2.02. The summed E-state index contributed by atoms with van der Waals surface area (Å²) in [5.74, 6) is 3.11. The van der Waals surface area contributed by atoms with Crippen LogP contribution < -0.4 is 0 Å². The van der Waals surface area contributed by atoms with Gasteiger partial charge in [-0.3, -0.25) is 0 Å². The quantitative estimate of drug-likeness (QED) is 0.470. The van der Waals surface area contributed by atoms with Crippen molar-refractivity contribution in [3.63, 3.8) is 0 Å². The topological polar surface area (TPSA) is 20.2 Å². The monoisotopic (exact) mass is 182 g/mol. The second-order valence-corrected chi connectivity index (χ2v) is 3.71. The molecule has 0 fully saturated rings. The molecule has 0 aliphatic heterocycles. The minimum absolute atomic E-state index is 0.358. The largest absolute Gasteiger partial charge is 0.462 e. The van der Waals surface area contributed by atoms with Gasteiger partial charge < -0.3 is 5.11 Å². The number of hydrogen-bond acceptors (Lipinski definition) is 1. The lowest BCUT2D eigenvalue weighted by atomic mass is 10.0. The van der Waals surface area contributed by atoms with Crippen LogP contribution in [0.1, 0.15) is 58.8 Å². The van der Waals surface area contributed by atoms with Gasteiger partial charge in [0.2, 0.25) is 0 Å². The summed E-state index contributed by atoms with van der Waals surface area (Å²) in [6, 6.07) is 0. The summed E-state index contributed by atoms with van der Waals surface area (Å²) < 4.78 is 0. The molecule has 1 nitrogen and oxygen atoms in total. The third kappa shape index (κ3) is 9.27. The molecular weight excluding hydrogens is 160 g/mol. The molecule has 0 spiro atoms. The third-order valence-electron chi connectivity index (χ3n) is 2.30. The fraction of sp³-hybridized carbons (Fsp3) is 0.833. The molecule has 0 heterocycles. The Morgan fingerprint density at radius 2 is 1.69 bits per heavy atom. The summed E-state index contributed by atoms with van der Waals surface area (Å²) in [4.78, 5) is 0. The van der Waals surface area contributed by atoms with Crippen LogP contribution in [0.5, 0.6) is 0 Å². The molecular formula is C12H22O. The molecule has 0 aromatic heterocycles. The summed E-state index contributed by atoms with van der Waals surface area (Å²) >= 11 is 0. The Morgan fingerprint density at radius 1 is 1.08 bits per heavy atom. The van der Waals surface area contributed by atoms with Crippen molar-refractivity contribution in [1.82, 2.24) is 0 Å². The van der Waals surface area contributed by atoms with Crippen molar-refractivity contribution < 1.29 is 5.11 Å². The van der Waals surface area contributed by atoms with Crippen molar-refractivity contribution in [2.45, 2.75) is 58.8 Å². The molecule has 1 N–H and O–H groups in total. The minimum atomic E-state index is 0.358. The Kier molecular flexibility index (Phi) is 8.98. The molecule has 1 atom stereocenters. The average molecular weight is 182 g/mol. The molecule has 0 aromatic carbocycles. The first-order valence-corrected chi connectivity index (χ1v) is 5.45. The zero-order chi connectivity index (χ0) is 9.94. The lowest BCUT2D eigenvalue weighted by Crippen LogP contribution is -1.90. The summed E-state index contributed by atoms with van der Waals surface area (Å²) in [6.07, 6.45) is 11.1. The number of hydrogen-bond donors (Lipinski definition) is 1. The SMILES string of the molecule is CCCCCCCCC(C)C#CO. The van der Waals surface area contributed by atoms with Gasteiger partial charge in [0, 0.05) is 5.92 Å². The maximum atomic E-state index is 8.35. The van der Waals surface area contributed by atoms with Crippen LogP contribution in [-0.4, -0.2) is 5.11 Å². The summed E-state index contributed by atoms with van der Waals surface area (Å²) in [5.41, 5.74) is 0. The highest BCUT2D eigenvalue weighted by molar-refractivity contribution is 4.94. The lowest BCUT2D eigenvalue weighted by molar-refractivity contribution is 0.507. The number of rotatable bonds is 7. The molecule has 0 radical (unpaired) electrons. The van der Waals surface area contributed by atoms with Crippen LogP contribution in [-0.2, 0) is 0 Å².